The zero-order valence-electron chi connectivity index (χ0n) is 10.6. The second kappa shape index (κ2) is 4.90. The monoisotopic (exact) mass is 269 g/mol. The summed E-state index contributed by atoms with van der Waals surface area (Å²) >= 11 is 0. The molecule has 1 aromatic rings. The van der Waals surface area contributed by atoms with E-state index in [0.717, 1.165) is 17.7 Å². The van der Waals surface area contributed by atoms with Crippen LogP contribution in [0.3, 0.4) is 0 Å². The lowest BCUT2D eigenvalue weighted by Gasteiger charge is -2.38. The molecule has 4 nitrogen and oxygen atoms in total. The Hall–Kier alpha value is -1.07. The highest BCUT2D eigenvalue weighted by Gasteiger charge is 2.36. The third-order valence-electron chi connectivity index (χ3n) is 3.64. The summed E-state index contributed by atoms with van der Waals surface area (Å²) in [6, 6.07) is 7.77. The van der Waals surface area contributed by atoms with Gasteiger partial charge in [0.15, 0.2) is 0 Å². The van der Waals surface area contributed by atoms with E-state index < -0.39 is 9.84 Å². The molecular formula is C13H19NO3S. The highest BCUT2D eigenvalue weighted by Crippen LogP contribution is 2.40. The Labute approximate surface area is 108 Å². The lowest BCUT2D eigenvalue weighted by Crippen LogP contribution is -2.41. The Morgan fingerprint density at radius 1 is 1.39 bits per heavy atom. The van der Waals surface area contributed by atoms with Gasteiger partial charge in [-0.3, -0.25) is 0 Å². The van der Waals surface area contributed by atoms with Gasteiger partial charge in [0, 0.05) is 23.8 Å². The molecule has 18 heavy (non-hydrogen) atoms. The Morgan fingerprint density at radius 3 is 2.78 bits per heavy atom. The average Bonchev–Trinajstić information content (AvgIpc) is 2.35. The van der Waals surface area contributed by atoms with Crippen LogP contribution in [0.1, 0.15) is 18.4 Å². The van der Waals surface area contributed by atoms with E-state index in [1.165, 1.54) is 6.26 Å². The Kier molecular flexibility index (Phi) is 3.64. The third-order valence-corrected chi connectivity index (χ3v) is 4.58. The van der Waals surface area contributed by atoms with E-state index in [2.05, 4.69) is 0 Å². The standard InChI is InChI=1S/C13H19NO3S/c1-18(15,16)9-7-13(10-14)6-8-17-12-5-3-2-4-11(12)13/h2-5H,6-10,14H2,1H3. The summed E-state index contributed by atoms with van der Waals surface area (Å²) in [7, 11) is -2.97. The van der Waals surface area contributed by atoms with Gasteiger partial charge in [-0.25, -0.2) is 8.42 Å². The molecule has 0 aliphatic carbocycles. The second-order valence-corrected chi connectivity index (χ2v) is 7.22. The molecule has 1 unspecified atom stereocenters. The van der Waals surface area contributed by atoms with Crippen LogP contribution in [0.5, 0.6) is 5.75 Å². The smallest absolute Gasteiger partial charge is 0.147 e. The lowest BCUT2D eigenvalue weighted by molar-refractivity contribution is 0.213. The third kappa shape index (κ3) is 2.67. The molecular weight excluding hydrogens is 250 g/mol. The van der Waals surface area contributed by atoms with Gasteiger partial charge in [0.05, 0.1) is 12.4 Å². The molecule has 1 heterocycles. The molecule has 0 radical (unpaired) electrons. The van der Waals surface area contributed by atoms with Gasteiger partial charge in [-0.2, -0.15) is 0 Å². The van der Waals surface area contributed by atoms with Crippen molar-refractivity contribution in [3.8, 4) is 5.75 Å². The van der Waals surface area contributed by atoms with Crippen LogP contribution in [-0.2, 0) is 15.3 Å². The number of fused-ring (bicyclic) bond motifs is 1. The number of sulfone groups is 1. The molecule has 0 spiro atoms. The van der Waals surface area contributed by atoms with E-state index in [4.69, 9.17) is 10.5 Å². The van der Waals surface area contributed by atoms with Gasteiger partial charge in [0.1, 0.15) is 15.6 Å². The molecule has 1 aliphatic heterocycles. The number of nitrogens with two attached hydrogens (primary N) is 1. The maximum absolute atomic E-state index is 11.4. The van der Waals surface area contributed by atoms with Crippen molar-refractivity contribution in [1.82, 2.24) is 0 Å². The van der Waals surface area contributed by atoms with E-state index >= 15 is 0 Å². The van der Waals surface area contributed by atoms with E-state index in [1.54, 1.807) is 0 Å². The predicted molar refractivity (Wildman–Crippen MR) is 71.6 cm³/mol. The predicted octanol–water partition coefficient (Wildman–Crippen LogP) is 1.10. The first kappa shape index (κ1) is 13.4. The van der Waals surface area contributed by atoms with E-state index in [9.17, 15) is 8.42 Å². The molecule has 2 N–H and O–H groups in total. The second-order valence-electron chi connectivity index (χ2n) is 4.96. The molecule has 0 saturated heterocycles. The van der Waals surface area contributed by atoms with E-state index in [-0.39, 0.29) is 11.2 Å². The van der Waals surface area contributed by atoms with Gasteiger partial charge in [-0.05, 0) is 18.9 Å². The van der Waals surface area contributed by atoms with Crippen molar-refractivity contribution in [3.05, 3.63) is 29.8 Å². The minimum atomic E-state index is -2.97. The first-order valence-corrected chi connectivity index (χ1v) is 8.13. The minimum Gasteiger partial charge on any atom is -0.493 e. The molecule has 0 amide bonds. The topological polar surface area (TPSA) is 69.4 Å². The SMILES string of the molecule is CS(=O)(=O)CCC1(CN)CCOc2ccccc21. The number of rotatable bonds is 4. The van der Waals surface area contributed by atoms with Crippen LogP contribution < -0.4 is 10.5 Å². The zero-order chi connectivity index (χ0) is 13.2. The van der Waals surface area contributed by atoms with Crippen molar-refractivity contribution >= 4 is 9.84 Å². The van der Waals surface area contributed by atoms with Crippen molar-refractivity contribution < 1.29 is 13.2 Å². The average molecular weight is 269 g/mol. The molecule has 0 fully saturated rings. The maximum Gasteiger partial charge on any atom is 0.147 e. The summed E-state index contributed by atoms with van der Waals surface area (Å²) in [6.45, 7) is 1.04. The van der Waals surface area contributed by atoms with Crippen LogP contribution in [0, 0.1) is 0 Å². The van der Waals surface area contributed by atoms with Crippen LogP contribution in [0.4, 0.5) is 0 Å². The lowest BCUT2D eigenvalue weighted by atomic mass is 9.74. The summed E-state index contributed by atoms with van der Waals surface area (Å²) < 4.78 is 28.4. The summed E-state index contributed by atoms with van der Waals surface area (Å²) in [6.07, 6.45) is 2.60. The molecule has 0 saturated carbocycles. The summed E-state index contributed by atoms with van der Waals surface area (Å²) in [5.74, 6) is 1.00. The number of hydrogen-bond acceptors (Lipinski definition) is 4. The van der Waals surface area contributed by atoms with Crippen LogP contribution in [-0.4, -0.2) is 33.6 Å². The molecule has 100 valence electrons. The number of para-hydroxylation sites is 1. The first-order chi connectivity index (χ1) is 8.47. The number of ether oxygens (including phenoxy) is 1. The fraction of sp³-hybridized carbons (Fsp3) is 0.538. The van der Waals surface area contributed by atoms with Crippen molar-refractivity contribution in [3.63, 3.8) is 0 Å². The zero-order valence-corrected chi connectivity index (χ0v) is 11.4. The van der Waals surface area contributed by atoms with Crippen LogP contribution in [0.25, 0.3) is 0 Å². The number of benzene rings is 1. The summed E-state index contributed by atoms with van der Waals surface area (Å²) in [5.41, 5.74) is 6.71. The number of hydrogen-bond donors (Lipinski definition) is 1. The van der Waals surface area contributed by atoms with Gasteiger partial charge in [-0.1, -0.05) is 18.2 Å². The summed E-state index contributed by atoms with van der Waals surface area (Å²) in [5, 5.41) is 0. The molecule has 1 aromatic carbocycles. The maximum atomic E-state index is 11.4. The molecule has 1 aliphatic rings. The fourth-order valence-corrected chi connectivity index (χ4v) is 3.24. The van der Waals surface area contributed by atoms with Crippen molar-refractivity contribution in [2.45, 2.75) is 18.3 Å². The first-order valence-electron chi connectivity index (χ1n) is 6.07. The van der Waals surface area contributed by atoms with Crippen LogP contribution in [0.2, 0.25) is 0 Å². The van der Waals surface area contributed by atoms with Crippen molar-refractivity contribution in [2.75, 3.05) is 25.2 Å². The molecule has 1 atom stereocenters. The van der Waals surface area contributed by atoms with Gasteiger partial charge >= 0.3 is 0 Å². The fourth-order valence-electron chi connectivity index (χ4n) is 2.48. The Bertz CT molecular complexity index is 527. The van der Waals surface area contributed by atoms with Crippen LogP contribution in [0.15, 0.2) is 24.3 Å². The molecule has 0 aromatic heterocycles. The van der Waals surface area contributed by atoms with E-state index in [0.29, 0.717) is 19.6 Å². The van der Waals surface area contributed by atoms with E-state index in [1.807, 2.05) is 24.3 Å². The minimum absolute atomic E-state index is 0.165. The highest BCUT2D eigenvalue weighted by atomic mass is 32.2. The van der Waals surface area contributed by atoms with Gasteiger partial charge in [0.2, 0.25) is 0 Å². The Balaban J connectivity index is 2.33. The quantitative estimate of drug-likeness (QED) is 0.888. The largest absolute Gasteiger partial charge is 0.493 e. The normalized spacial score (nSPS) is 23.2. The van der Waals surface area contributed by atoms with Gasteiger partial charge in [0.25, 0.3) is 0 Å². The van der Waals surface area contributed by atoms with Gasteiger partial charge < -0.3 is 10.5 Å². The highest BCUT2D eigenvalue weighted by molar-refractivity contribution is 7.90. The van der Waals surface area contributed by atoms with Crippen molar-refractivity contribution in [1.29, 1.82) is 0 Å². The molecule has 2 rings (SSSR count). The Morgan fingerprint density at radius 2 is 2.11 bits per heavy atom. The molecule has 0 bridgehead atoms. The van der Waals surface area contributed by atoms with Crippen molar-refractivity contribution in [2.24, 2.45) is 5.73 Å². The summed E-state index contributed by atoms with van der Waals surface area (Å²) in [4.78, 5) is 0. The van der Waals surface area contributed by atoms with Crippen LogP contribution >= 0.6 is 0 Å². The molecule has 5 heteroatoms. The van der Waals surface area contributed by atoms with Gasteiger partial charge in [-0.15, -0.1) is 0 Å².